The second kappa shape index (κ2) is 10.1. The van der Waals surface area contributed by atoms with Crippen molar-refractivity contribution in [2.24, 2.45) is 4.99 Å². The fraction of sp³-hybridized carbons (Fsp3) is 0.316. The summed E-state index contributed by atoms with van der Waals surface area (Å²) in [5.74, 6) is 0.205. The van der Waals surface area contributed by atoms with E-state index in [2.05, 4.69) is 15.3 Å². The third-order valence-corrected chi connectivity index (χ3v) is 5.11. The van der Waals surface area contributed by atoms with E-state index in [1.165, 1.54) is 24.9 Å². The lowest BCUT2D eigenvalue weighted by Crippen LogP contribution is -2.22. The standard InChI is InChI=1S/C18H17F2N3O2S.CH3F/c1-10(12-5-3-4-6-13(12)16(19)20)22-18-23-17(24)15(26-18)11-7-8-21-14(9-11)25-2;1-2/h3-10,15-16H,1-2H3,(H,22,23,24);1H3. The van der Waals surface area contributed by atoms with Gasteiger partial charge in [-0.3, -0.25) is 14.2 Å². The van der Waals surface area contributed by atoms with Crippen molar-refractivity contribution in [3.05, 3.63) is 59.3 Å². The first-order valence-corrected chi connectivity index (χ1v) is 9.17. The summed E-state index contributed by atoms with van der Waals surface area (Å²) in [4.78, 5) is 20.7. The molecule has 150 valence electrons. The Kier molecular flexibility index (Phi) is 7.86. The number of nitrogens with one attached hydrogen (secondary N) is 1. The minimum absolute atomic E-state index is 0.0471. The number of methoxy groups -OCH3 is 1. The second-order valence-corrected chi connectivity index (χ2v) is 6.75. The molecule has 1 amide bonds. The maximum atomic E-state index is 13.2. The summed E-state index contributed by atoms with van der Waals surface area (Å²) in [7, 11) is 2.00. The largest absolute Gasteiger partial charge is 0.481 e. The molecule has 1 N–H and O–H groups in total. The Balaban J connectivity index is 0.00000136. The van der Waals surface area contributed by atoms with Crippen molar-refractivity contribution in [1.82, 2.24) is 10.3 Å². The Morgan fingerprint density at radius 3 is 2.54 bits per heavy atom. The minimum atomic E-state index is -2.57. The van der Waals surface area contributed by atoms with Gasteiger partial charge in [0.2, 0.25) is 11.8 Å². The highest BCUT2D eigenvalue weighted by Gasteiger charge is 2.32. The van der Waals surface area contributed by atoms with Crippen LogP contribution in [0.25, 0.3) is 0 Å². The average molecular weight is 411 g/mol. The smallest absolute Gasteiger partial charge is 0.264 e. The Labute approximate surface area is 165 Å². The van der Waals surface area contributed by atoms with Crippen molar-refractivity contribution in [2.45, 2.75) is 24.6 Å². The van der Waals surface area contributed by atoms with Crippen LogP contribution in [0.3, 0.4) is 0 Å². The van der Waals surface area contributed by atoms with Crippen LogP contribution >= 0.6 is 11.8 Å². The van der Waals surface area contributed by atoms with E-state index in [9.17, 15) is 18.0 Å². The number of alkyl halides is 3. The van der Waals surface area contributed by atoms with E-state index >= 15 is 0 Å². The molecule has 0 aliphatic carbocycles. The van der Waals surface area contributed by atoms with E-state index in [4.69, 9.17) is 4.74 Å². The predicted molar refractivity (Wildman–Crippen MR) is 104 cm³/mol. The molecule has 9 heteroatoms. The van der Waals surface area contributed by atoms with E-state index in [0.717, 1.165) is 5.56 Å². The van der Waals surface area contributed by atoms with E-state index in [1.807, 2.05) is 0 Å². The van der Waals surface area contributed by atoms with Crippen LogP contribution in [0.15, 0.2) is 47.6 Å². The number of hydrogen-bond donors (Lipinski definition) is 1. The van der Waals surface area contributed by atoms with Crippen molar-refractivity contribution in [1.29, 1.82) is 0 Å². The zero-order chi connectivity index (χ0) is 20.7. The molecule has 0 bridgehead atoms. The van der Waals surface area contributed by atoms with Crippen LogP contribution in [0.1, 0.15) is 41.3 Å². The van der Waals surface area contributed by atoms with Crippen LogP contribution in [0.2, 0.25) is 0 Å². The molecule has 1 aliphatic rings. The third-order valence-electron chi connectivity index (χ3n) is 3.96. The second-order valence-electron chi connectivity index (χ2n) is 5.66. The molecule has 1 aliphatic heterocycles. The first-order chi connectivity index (χ1) is 13.5. The molecule has 1 saturated heterocycles. The fourth-order valence-electron chi connectivity index (χ4n) is 2.68. The number of pyridine rings is 1. The molecule has 2 atom stereocenters. The predicted octanol–water partition coefficient (Wildman–Crippen LogP) is 4.63. The quantitative estimate of drug-likeness (QED) is 0.779. The number of aromatic nitrogens is 1. The van der Waals surface area contributed by atoms with Crippen LogP contribution < -0.4 is 10.1 Å². The monoisotopic (exact) mass is 411 g/mol. The summed E-state index contributed by atoms with van der Waals surface area (Å²) in [6.45, 7) is 1.73. The van der Waals surface area contributed by atoms with Gasteiger partial charge in [0, 0.05) is 17.8 Å². The number of amides is 1. The molecule has 28 heavy (non-hydrogen) atoms. The van der Waals surface area contributed by atoms with Gasteiger partial charge < -0.3 is 10.1 Å². The first kappa shape index (κ1) is 21.7. The summed E-state index contributed by atoms with van der Waals surface area (Å²) in [5, 5.41) is 2.64. The van der Waals surface area contributed by atoms with Crippen molar-refractivity contribution < 1.29 is 22.7 Å². The molecule has 0 spiro atoms. The van der Waals surface area contributed by atoms with Gasteiger partial charge in [-0.05, 0) is 24.1 Å². The summed E-state index contributed by atoms with van der Waals surface area (Å²) >= 11 is 1.25. The van der Waals surface area contributed by atoms with Crippen molar-refractivity contribution in [3.63, 3.8) is 0 Å². The van der Waals surface area contributed by atoms with Crippen molar-refractivity contribution in [2.75, 3.05) is 14.3 Å². The van der Waals surface area contributed by atoms with E-state index in [1.54, 1.807) is 43.5 Å². The van der Waals surface area contributed by atoms with Gasteiger partial charge >= 0.3 is 0 Å². The summed E-state index contributed by atoms with van der Waals surface area (Å²) in [6, 6.07) is 9.21. The molecule has 5 nitrogen and oxygen atoms in total. The molecular formula is C19H20F3N3O2S. The highest BCUT2D eigenvalue weighted by Crippen LogP contribution is 2.37. The molecule has 2 heterocycles. The van der Waals surface area contributed by atoms with Gasteiger partial charge in [0.1, 0.15) is 5.25 Å². The van der Waals surface area contributed by atoms with Crippen molar-refractivity contribution in [3.8, 4) is 5.88 Å². The van der Waals surface area contributed by atoms with E-state index in [-0.39, 0.29) is 11.5 Å². The zero-order valence-corrected chi connectivity index (χ0v) is 16.3. The first-order valence-electron chi connectivity index (χ1n) is 8.29. The number of aliphatic imine (C=N–C) groups is 1. The number of carbonyl (C=O) groups excluding carboxylic acids is 1. The number of carbonyl (C=O) groups is 1. The number of ether oxygens (including phenoxy) is 1. The molecule has 1 fully saturated rings. The number of thioether (sulfide) groups is 1. The molecule has 0 radical (unpaired) electrons. The van der Waals surface area contributed by atoms with Crippen LogP contribution in [0.4, 0.5) is 13.2 Å². The minimum Gasteiger partial charge on any atom is -0.481 e. The van der Waals surface area contributed by atoms with Gasteiger partial charge in [0.15, 0.2) is 5.17 Å². The number of benzene rings is 1. The van der Waals surface area contributed by atoms with Crippen LogP contribution in [0, 0.1) is 0 Å². The fourth-order valence-corrected chi connectivity index (χ4v) is 3.73. The van der Waals surface area contributed by atoms with Gasteiger partial charge in [-0.25, -0.2) is 13.8 Å². The highest BCUT2D eigenvalue weighted by atomic mass is 32.2. The molecule has 1 aromatic carbocycles. The number of hydrogen-bond acceptors (Lipinski definition) is 5. The average Bonchev–Trinajstić information content (AvgIpc) is 3.09. The third kappa shape index (κ3) is 5.03. The van der Waals surface area contributed by atoms with Crippen LogP contribution in [-0.2, 0) is 4.79 Å². The van der Waals surface area contributed by atoms with Crippen LogP contribution in [0.5, 0.6) is 5.88 Å². The van der Waals surface area contributed by atoms with Crippen LogP contribution in [-0.4, -0.2) is 30.3 Å². The highest BCUT2D eigenvalue weighted by molar-refractivity contribution is 8.15. The normalized spacial score (nSPS) is 18.5. The zero-order valence-electron chi connectivity index (χ0n) is 15.5. The summed E-state index contributed by atoms with van der Waals surface area (Å²) in [5.41, 5.74) is 1.14. The van der Waals surface area contributed by atoms with Gasteiger partial charge in [-0.15, -0.1) is 0 Å². The Hall–Kier alpha value is -2.55. The molecule has 3 rings (SSSR count). The lowest BCUT2D eigenvalue weighted by Gasteiger charge is -2.13. The summed E-state index contributed by atoms with van der Waals surface area (Å²) < 4.78 is 40.9. The Morgan fingerprint density at radius 2 is 1.89 bits per heavy atom. The van der Waals surface area contributed by atoms with Gasteiger partial charge in [-0.2, -0.15) is 0 Å². The number of rotatable bonds is 5. The van der Waals surface area contributed by atoms with Gasteiger partial charge in [-0.1, -0.05) is 36.0 Å². The van der Waals surface area contributed by atoms with E-state index < -0.39 is 17.7 Å². The number of amidine groups is 1. The lowest BCUT2D eigenvalue weighted by atomic mass is 10.0. The molecule has 1 aromatic heterocycles. The van der Waals surface area contributed by atoms with Gasteiger partial charge in [0.05, 0.1) is 20.3 Å². The van der Waals surface area contributed by atoms with E-state index in [0.29, 0.717) is 23.8 Å². The lowest BCUT2D eigenvalue weighted by molar-refractivity contribution is -0.118. The molecule has 0 saturated carbocycles. The molecular weight excluding hydrogens is 391 g/mol. The Bertz CT molecular complexity index is 849. The SMILES string of the molecule is CF.COc1cc(C2SC(=NC(C)c3ccccc3C(F)F)NC2=O)ccn1. The maximum Gasteiger partial charge on any atom is 0.264 e. The summed E-state index contributed by atoms with van der Waals surface area (Å²) in [6.07, 6.45) is -1.00. The Morgan fingerprint density at radius 1 is 1.21 bits per heavy atom. The number of nitrogens with zero attached hydrogens (tertiary/aromatic N) is 2. The number of halogens is 3. The maximum absolute atomic E-state index is 13.2. The molecule has 2 aromatic rings. The molecule has 2 unspecified atom stereocenters. The van der Waals surface area contributed by atoms with Crippen molar-refractivity contribution >= 4 is 22.8 Å². The topological polar surface area (TPSA) is 63.6 Å². The van der Waals surface area contributed by atoms with Gasteiger partial charge in [0.25, 0.3) is 6.43 Å².